The maximum atomic E-state index is 11.7. The van der Waals surface area contributed by atoms with E-state index in [1.165, 1.54) is 25.7 Å². The van der Waals surface area contributed by atoms with Gasteiger partial charge >= 0.3 is 0 Å². The molecule has 1 N–H and O–H groups in total. The fraction of sp³-hybridized carbons (Fsp3) is 0.933. The molecule has 110 valence electrons. The zero-order chi connectivity index (χ0) is 13.7. The molecule has 0 aromatic rings. The molecule has 1 amide bonds. The molecule has 0 radical (unpaired) electrons. The molecule has 0 aromatic carbocycles. The van der Waals surface area contributed by atoms with E-state index in [1.807, 2.05) is 4.90 Å². The van der Waals surface area contributed by atoms with Gasteiger partial charge in [0.2, 0.25) is 5.91 Å². The average molecular weight is 268 g/mol. The molecule has 2 aliphatic rings. The highest BCUT2D eigenvalue weighted by Crippen LogP contribution is 2.30. The van der Waals surface area contributed by atoms with Crippen LogP contribution in [0.1, 0.15) is 45.4 Å². The van der Waals surface area contributed by atoms with Gasteiger partial charge in [0.25, 0.3) is 0 Å². The lowest BCUT2D eigenvalue weighted by Gasteiger charge is -2.35. The highest BCUT2D eigenvalue weighted by Gasteiger charge is 2.25. The van der Waals surface area contributed by atoms with E-state index in [0.717, 1.165) is 31.8 Å². The summed E-state index contributed by atoms with van der Waals surface area (Å²) in [5, 5.41) is 3.74. The van der Waals surface area contributed by atoms with Gasteiger partial charge in [-0.1, -0.05) is 19.3 Å². The minimum absolute atomic E-state index is 0.128. The maximum Gasteiger partial charge on any atom is 0.248 e. The first kappa shape index (κ1) is 14.8. The second kappa shape index (κ2) is 7.25. The van der Waals surface area contributed by atoms with Gasteiger partial charge in [-0.3, -0.25) is 4.79 Å². The number of piperidine rings is 1. The van der Waals surface area contributed by atoms with E-state index < -0.39 is 0 Å². The van der Waals surface area contributed by atoms with E-state index in [9.17, 15) is 4.79 Å². The monoisotopic (exact) mass is 268 g/mol. The first-order valence-electron chi connectivity index (χ1n) is 7.71. The fourth-order valence-electron chi connectivity index (χ4n) is 3.21. The Kier molecular flexibility index (Phi) is 5.64. The molecule has 19 heavy (non-hydrogen) atoms. The Hall–Kier alpha value is -0.610. The number of rotatable bonds is 6. The molecule has 0 spiro atoms. The molecule has 1 saturated heterocycles. The Morgan fingerprint density at radius 3 is 2.53 bits per heavy atom. The lowest BCUT2D eigenvalue weighted by molar-refractivity contribution is -0.136. The van der Waals surface area contributed by atoms with Crippen molar-refractivity contribution in [3.8, 4) is 0 Å². The second-order valence-corrected chi connectivity index (χ2v) is 6.19. The third kappa shape index (κ3) is 4.46. The summed E-state index contributed by atoms with van der Waals surface area (Å²) < 4.78 is 4.90. The standard InChI is InChI=1S/C15H28N2O2/c1-12(10-13-4-3-5-13)16-14-6-8-17(9-7-14)15(18)11-19-2/h12-14,16H,3-11H2,1-2H3. The SMILES string of the molecule is COCC(=O)N1CCC(NC(C)CC2CCC2)CC1. The van der Waals surface area contributed by atoms with Gasteiger partial charge in [-0.2, -0.15) is 0 Å². The van der Waals surface area contributed by atoms with Gasteiger partial charge in [0, 0.05) is 32.3 Å². The van der Waals surface area contributed by atoms with Crippen molar-refractivity contribution in [3.63, 3.8) is 0 Å². The van der Waals surface area contributed by atoms with Crippen molar-refractivity contribution in [3.05, 3.63) is 0 Å². The van der Waals surface area contributed by atoms with Gasteiger partial charge < -0.3 is 15.0 Å². The zero-order valence-corrected chi connectivity index (χ0v) is 12.4. The van der Waals surface area contributed by atoms with Gasteiger partial charge in [0.1, 0.15) is 6.61 Å². The van der Waals surface area contributed by atoms with Crippen LogP contribution in [0.15, 0.2) is 0 Å². The Morgan fingerprint density at radius 1 is 1.32 bits per heavy atom. The van der Waals surface area contributed by atoms with Crippen LogP contribution in [0.4, 0.5) is 0 Å². The molecular formula is C15H28N2O2. The molecule has 0 aromatic heterocycles. The fourth-order valence-corrected chi connectivity index (χ4v) is 3.21. The van der Waals surface area contributed by atoms with Crippen LogP contribution >= 0.6 is 0 Å². The number of amides is 1. The Morgan fingerprint density at radius 2 is 2.00 bits per heavy atom. The quantitative estimate of drug-likeness (QED) is 0.798. The summed E-state index contributed by atoms with van der Waals surface area (Å²) >= 11 is 0. The lowest BCUT2D eigenvalue weighted by Crippen LogP contribution is -2.48. The largest absolute Gasteiger partial charge is 0.375 e. The molecule has 1 atom stereocenters. The predicted octanol–water partition coefficient (Wildman–Crippen LogP) is 1.79. The molecule has 2 fully saturated rings. The van der Waals surface area contributed by atoms with Crippen molar-refractivity contribution in [1.29, 1.82) is 0 Å². The molecule has 1 heterocycles. The molecular weight excluding hydrogens is 240 g/mol. The van der Waals surface area contributed by atoms with Crippen molar-refractivity contribution in [1.82, 2.24) is 10.2 Å². The number of nitrogens with zero attached hydrogens (tertiary/aromatic N) is 1. The van der Waals surface area contributed by atoms with E-state index in [2.05, 4.69) is 12.2 Å². The minimum Gasteiger partial charge on any atom is -0.375 e. The van der Waals surface area contributed by atoms with Crippen LogP contribution in [0.3, 0.4) is 0 Å². The van der Waals surface area contributed by atoms with Crippen LogP contribution in [0.5, 0.6) is 0 Å². The third-order valence-corrected chi connectivity index (χ3v) is 4.55. The first-order chi connectivity index (χ1) is 9.19. The summed E-state index contributed by atoms with van der Waals surface area (Å²) in [5.41, 5.74) is 0. The number of nitrogens with one attached hydrogen (secondary N) is 1. The summed E-state index contributed by atoms with van der Waals surface area (Å²) in [6, 6.07) is 1.21. The Bertz CT molecular complexity index is 284. The smallest absolute Gasteiger partial charge is 0.248 e. The van der Waals surface area contributed by atoms with Crippen LogP contribution in [-0.4, -0.2) is 49.7 Å². The summed E-state index contributed by atoms with van der Waals surface area (Å²) in [4.78, 5) is 13.6. The Balaban J connectivity index is 1.63. The van der Waals surface area contributed by atoms with E-state index in [4.69, 9.17) is 4.74 Å². The molecule has 1 aliphatic carbocycles. The number of carbonyl (C=O) groups excluding carboxylic acids is 1. The predicted molar refractivity (Wildman–Crippen MR) is 76.0 cm³/mol. The summed E-state index contributed by atoms with van der Waals surface area (Å²) in [5.74, 6) is 1.09. The summed E-state index contributed by atoms with van der Waals surface area (Å²) in [6.45, 7) is 4.27. The molecule has 4 heteroatoms. The highest BCUT2D eigenvalue weighted by atomic mass is 16.5. The van der Waals surface area contributed by atoms with Gasteiger partial charge in [0.15, 0.2) is 0 Å². The molecule has 1 saturated carbocycles. The van der Waals surface area contributed by atoms with Crippen molar-refractivity contribution in [2.45, 2.75) is 57.5 Å². The number of hydrogen-bond donors (Lipinski definition) is 1. The van der Waals surface area contributed by atoms with E-state index >= 15 is 0 Å². The third-order valence-electron chi connectivity index (χ3n) is 4.55. The maximum absolute atomic E-state index is 11.7. The minimum atomic E-state index is 0.128. The van der Waals surface area contributed by atoms with Gasteiger partial charge in [0.05, 0.1) is 0 Å². The van der Waals surface area contributed by atoms with Crippen LogP contribution in [-0.2, 0) is 9.53 Å². The molecule has 1 unspecified atom stereocenters. The normalized spacial score (nSPS) is 23.2. The van der Waals surface area contributed by atoms with E-state index in [0.29, 0.717) is 12.1 Å². The summed E-state index contributed by atoms with van der Waals surface area (Å²) in [6.07, 6.45) is 7.75. The van der Waals surface area contributed by atoms with Gasteiger partial charge in [-0.15, -0.1) is 0 Å². The van der Waals surface area contributed by atoms with Crippen LogP contribution < -0.4 is 5.32 Å². The highest BCUT2D eigenvalue weighted by molar-refractivity contribution is 5.77. The molecule has 0 bridgehead atoms. The van der Waals surface area contributed by atoms with Gasteiger partial charge in [-0.05, 0) is 32.1 Å². The molecule has 4 nitrogen and oxygen atoms in total. The molecule has 1 aliphatic heterocycles. The van der Waals surface area contributed by atoms with Gasteiger partial charge in [-0.25, -0.2) is 0 Å². The number of ether oxygens (including phenoxy) is 1. The van der Waals surface area contributed by atoms with Crippen LogP contribution in [0, 0.1) is 5.92 Å². The van der Waals surface area contributed by atoms with Crippen molar-refractivity contribution in [2.75, 3.05) is 26.8 Å². The van der Waals surface area contributed by atoms with E-state index in [1.54, 1.807) is 7.11 Å². The first-order valence-corrected chi connectivity index (χ1v) is 7.71. The number of likely N-dealkylation sites (tertiary alicyclic amines) is 1. The Labute approximate surface area is 116 Å². The van der Waals surface area contributed by atoms with Crippen molar-refractivity contribution in [2.24, 2.45) is 5.92 Å². The second-order valence-electron chi connectivity index (χ2n) is 6.19. The summed E-state index contributed by atoms with van der Waals surface area (Å²) in [7, 11) is 1.58. The van der Waals surface area contributed by atoms with Crippen LogP contribution in [0.25, 0.3) is 0 Å². The zero-order valence-electron chi connectivity index (χ0n) is 12.4. The average Bonchev–Trinajstić information content (AvgIpc) is 2.35. The van der Waals surface area contributed by atoms with E-state index in [-0.39, 0.29) is 12.5 Å². The van der Waals surface area contributed by atoms with Crippen molar-refractivity contribution >= 4 is 5.91 Å². The number of methoxy groups -OCH3 is 1. The lowest BCUT2D eigenvalue weighted by atomic mass is 9.81. The number of carbonyl (C=O) groups is 1. The number of hydrogen-bond acceptors (Lipinski definition) is 3. The topological polar surface area (TPSA) is 41.6 Å². The molecule has 2 rings (SSSR count). The van der Waals surface area contributed by atoms with Crippen molar-refractivity contribution < 1.29 is 9.53 Å². The van der Waals surface area contributed by atoms with Crippen LogP contribution in [0.2, 0.25) is 0 Å².